The van der Waals surface area contributed by atoms with Crippen LogP contribution in [-0.4, -0.2) is 19.1 Å². The fourth-order valence-corrected chi connectivity index (χ4v) is 2.59. The van der Waals surface area contributed by atoms with Gasteiger partial charge in [0, 0.05) is 36.6 Å². The second-order valence-electron chi connectivity index (χ2n) is 4.85. The molecule has 86 valence electrons. The number of rotatable bonds is 3. The van der Waals surface area contributed by atoms with E-state index in [4.69, 9.17) is 11.6 Å². The zero-order chi connectivity index (χ0) is 11.0. The van der Waals surface area contributed by atoms with E-state index in [0.717, 1.165) is 30.7 Å². The topological polar surface area (TPSA) is 24.1 Å². The zero-order valence-electron chi connectivity index (χ0n) is 9.30. The van der Waals surface area contributed by atoms with Crippen LogP contribution in [0.3, 0.4) is 0 Å². The molecule has 16 heavy (non-hydrogen) atoms. The summed E-state index contributed by atoms with van der Waals surface area (Å²) in [6.07, 6.45) is 2.71. The molecule has 0 amide bonds. The van der Waals surface area contributed by atoms with Gasteiger partial charge in [-0.2, -0.15) is 0 Å². The Morgan fingerprint density at radius 3 is 3.06 bits per heavy atom. The van der Waals surface area contributed by atoms with Gasteiger partial charge in [-0.15, -0.1) is 0 Å². The predicted molar refractivity (Wildman–Crippen MR) is 66.9 cm³/mol. The smallest absolute Gasteiger partial charge is 0.0409 e. The number of fused-ring (bicyclic) bond motifs is 1. The first-order valence-corrected chi connectivity index (χ1v) is 6.43. The lowest BCUT2D eigenvalue weighted by Crippen LogP contribution is -2.35. The fraction of sp³-hybridized carbons (Fsp3) is 0.538. The van der Waals surface area contributed by atoms with Gasteiger partial charge in [-0.25, -0.2) is 0 Å². The van der Waals surface area contributed by atoms with Gasteiger partial charge in [-0.05, 0) is 36.1 Å². The molecule has 1 saturated carbocycles. The second-order valence-corrected chi connectivity index (χ2v) is 5.29. The second kappa shape index (κ2) is 4.36. The largest absolute Gasteiger partial charge is 0.313 e. The van der Waals surface area contributed by atoms with Crippen LogP contribution in [0.5, 0.6) is 0 Å². The Hall–Kier alpha value is -0.570. The molecular formula is C13H17ClN2. The Bertz CT molecular complexity index is 388. The summed E-state index contributed by atoms with van der Waals surface area (Å²) >= 11 is 6.02. The standard InChI is InChI=1S/C13H17ClN2/c14-11-1-4-13-9(5-11)6-15-7-10(13)8-16-12-2-3-12/h1,4-5,10,12,15-16H,2-3,6-8H2. The van der Waals surface area contributed by atoms with Crippen molar-refractivity contribution in [1.29, 1.82) is 0 Å². The number of hydrogen-bond donors (Lipinski definition) is 2. The molecule has 2 aliphatic rings. The lowest BCUT2D eigenvalue weighted by molar-refractivity contribution is 0.502. The molecule has 3 heteroatoms. The summed E-state index contributed by atoms with van der Waals surface area (Å²) in [5.74, 6) is 0.599. The average molecular weight is 237 g/mol. The van der Waals surface area contributed by atoms with Crippen LogP contribution < -0.4 is 10.6 Å². The normalized spacial score (nSPS) is 24.2. The maximum absolute atomic E-state index is 6.02. The summed E-state index contributed by atoms with van der Waals surface area (Å²) in [6.45, 7) is 3.12. The van der Waals surface area contributed by atoms with Gasteiger partial charge in [0.05, 0.1) is 0 Å². The summed E-state index contributed by atoms with van der Waals surface area (Å²) in [4.78, 5) is 0. The molecule has 0 bridgehead atoms. The highest BCUT2D eigenvalue weighted by Gasteiger charge is 2.24. The molecule has 1 unspecified atom stereocenters. The van der Waals surface area contributed by atoms with Crippen molar-refractivity contribution in [3.05, 3.63) is 34.3 Å². The van der Waals surface area contributed by atoms with E-state index in [9.17, 15) is 0 Å². The molecule has 0 radical (unpaired) electrons. The Morgan fingerprint density at radius 1 is 1.38 bits per heavy atom. The highest BCUT2D eigenvalue weighted by atomic mass is 35.5. The maximum Gasteiger partial charge on any atom is 0.0409 e. The summed E-state index contributed by atoms with van der Waals surface area (Å²) in [7, 11) is 0. The van der Waals surface area contributed by atoms with Gasteiger partial charge in [-0.3, -0.25) is 0 Å². The molecule has 2 N–H and O–H groups in total. The van der Waals surface area contributed by atoms with Gasteiger partial charge in [0.15, 0.2) is 0 Å². The predicted octanol–water partition coefficient (Wildman–Crippen LogP) is 2.28. The van der Waals surface area contributed by atoms with Crippen LogP contribution in [0.1, 0.15) is 29.9 Å². The van der Waals surface area contributed by atoms with Gasteiger partial charge >= 0.3 is 0 Å². The Kier molecular flexibility index (Phi) is 2.88. The van der Waals surface area contributed by atoms with Crippen molar-refractivity contribution in [2.45, 2.75) is 31.3 Å². The van der Waals surface area contributed by atoms with Gasteiger partial charge in [0.1, 0.15) is 0 Å². The SMILES string of the molecule is Clc1ccc2c(c1)CNCC2CNC1CC1. The molecule has 1 atom stereocenters. The third kappa shape index (κ3) is 2.24. The fourth-order valence-electron chi connectivity index (χ4n) is 2.40. The van der Waals surface area contributed by atoms with Crippen molar-refractivity contribution in [2.75, 3.05) is 13.1 Å². The molecule has 0 spiro atoms. The van der Waals surface area contributed by atoms with E-state index in [1.807, 2.05) is 6.07 Å². The molecule has 1 heterocycles. The minimum absolute atomic E-state index is 0.599. The minimum atomic E-state index is 0.599. The van der Waals surface area contributed by atoms with Crippen LogP contribution in [0.2, 0.25) is 5.02 Å². The van der Waals surface area contributed by atoms with E-state index in [-0.39, 0.29) is 0 Å². The molecule has 0 saturated heterocycles. The minimum Gasteiger partial charge on any atom is -0.313 e. The quantitative estimate of drug-likeness (QED) is 0.842. The van der Waals surface area contributed by atoms with E-state index >= 15 is 0 Å². The maximum atomic E-state index is 6.02. The van der Waals surface area contributed by atoms with Crippen LogP contribution in [0.15, 0.2) is 18.2 Å². The molecule has 1 aromatic rings. The highest BCUT2D eigenvalue weighted by Crippen LogP contribution is 2.27. The van der Waals surface area contributed by atoms with E-state index in [2.05, 4.69) is 22.8 Å². The molecule has 3 rings (SSSR count). The summed E-state index contributed by atoms with van der Waals surface area (Å²) in [5, 5.41) is 7.92. The molecule has 1 aliphatic carbocycles. The zero-order valence-corrected chi connectivity index (χ0v) is 10.1. The highest BCUT2D eigenvalue weighted by molar-refractivity contribution is 6.30. The number of benzene rings is 1. The lowest BCUT2D eigenvalue weighted by Gasteiger charge is -2.27. The van der Waals surface area contributed by atoms with Crippen molar-refractivity contribution >= 4 is 11.6 Å². The Labute approximate surface area is 101 Å². The number of hydrogen-bond acceptors (Lipinski definition) is 2. The van der Waals surface area contributed by atoms with Crippen molar-refractivity contribution < 1.29 is 0 Å². The van der Waals surface area contributed by atoms with Crippen LogP contribution in [0.25, 0.3) is 0 Å². The molecule has 1 aliphatic heterocycles. The van der Waals surface area contributed by atoms with Crippen molar-refractivity contribution in [1.82, 2.24) is 10.6 Å². The van der Waals surface area contributed by atoms with Crippen LogP contribution in [0.4, 0.5) is 0 Å². The van der Waals surface area contributed by atoms with Gasteiger partial charge in [-0.1, -0.05) is 17.7 Å². The van der Waals surface area contributed by atoms with E-state index in [1.165, 1.54) is 24.0 Å². The van der Waals surface area contributed by atoms with E-state index in [0.29, 0.717) is 5.92 Å². The molecular weight excluding hydrogens is 220 g/mol. The van der Waals surface area contributed by atoms with Gasteiger partial charge in [0.25, 0.3) is 0 Å². The van der Waals surface area contributed by atoms with Gasteiger partial charge in [0.2, 0.25) is 0 Å². The van der Waals surface area contributed by atoms with Crippen LogP contribution >= 0.6 is 11.6 Å². The molecule has 1 fully saturated rings. The van der Waals surface area contributed by atoms with Crippen LogP contribution in [-0.2, 0) is 6.54 Å². The first-order chi connectivity index (χ1) is 7.83. The first-order valence-electron chi connectivity index (χ1n) is 6.05. The lowest BCUT2D eigenvalue weighted by atomic mass is 9.91. The van der Waals surface area contributed by atoms with E-state index < -0.39 is 0 Å². The van der Waals surface area contributed by atoms with Crippen LogP contribution in [0, 0.1) is 0 Å². The Balaban J connectivity index is 1.76. The van der Waals surface area contributed by atoms with Crippen molar-refractivity contribution in [2.24, 2.45) is 0 Å². The van der Waals surface area contributed by atoms with E-state index in [1.54, 1.807) is 0 Å². The molecule has 1 aromatic carbocycles. The first kappa shape index (κ1) is 10.6. The van der Waals surface area contributed by atoms with Crippen molar-refractivity contribution in [3.8, 4) is 0 Å². The molecule has 0 aromatic heterocycles. The summed E-state index contributed by atoms with van der Waals surface area (Å²) in [6, 6.07) is 7.08. The number of halogens is 1. The molecule has 2 nitrogen and oxygen atoms in total. The van der Waals surface area contributed by atoms with Crippen molar-refractivity contribution in [3.63, 3.8) is 0 Å². The summed E-state index contributed by atoms with van der Waals surface area (Å²) < 4.78 is 0. The summed E-state index contributed by atoms with van der Waals surface area (Å²) in [5.41, 5.74) is 2.83. The van der Waals surface area contributed by atoms with Gasteiger partial charge < -0.3 is 10.6 Å². The monoisotopic (exact) mass is 236 g/mol. The third-order valence-corrected chi connectivity index (χ3v) is 3.72. The third-order valence-electron chi connectivity index (χ3n) is 3.48. The Morgan fingerprint density at radius 2 is 2.25 bits per heavy atom. The number of nitrogens with one attached hydrogen (secondary N) is 2. The average Bonchev–Trinajstić information content (AvgIpc) is 3.09.